The largest absolute Gasteiger partial charge is 0.522 e. The highest BCUT2D eigenvalue weighted by atomic mass is 19.4. The van der Waals surface area contributed by atoms with Gasteiger partial charge in [-0.1, -0.05) is 0 Å². The van der Waals surface area contributed by atoms with Gasteiger partial charge in [-0.05, 0) is 38.0 Å². The minimum atomic E-state index is -4.90. The molecular weight excluding hydrogens is 536 g/mol. The van der Waals surface area contributed by atoms with E-state index in [1.165, 1.54) is 10.5 Å². The van der Waals surface area contributed by atoms with Gasteiger partial charge >= 0.3 is 12.5 Å². The summed E-state index contributed by atoms with van der Waals surface area (Å²) in [4.78, 5) is 20.0. The van der Waals surface area contributed by atoms with Crippen LogP contribution >= 0.6 is 0 Å². The second-order valence-electron chi connectivity index (χ2n) is 10.3. The predicted octanol–water partition coefficient (Wildman–Crippen LogP) is 5.03. The Bertz CT molecular complexity index is 1380. The van der Waals surface area contributed by atoms with Gasteiger partial charge < -0.3 is 15.4 Å². The number of imidazole rings is 1. The molecule has 16 heteroatoms. The predicted molar refractivity (Wildman–Crippen MR) is 121 cm³/mol. The van der Waals surface area contributed by atoms with Gasteiger partial charge in [0.05, 0.1) is 12.3 Å². The van der Waals surface area contributed by atoms with Gasteiger partial charge in [0.1, 0.15) is 23.6 Å². The van der Waals surface area contributed by atoms with Crippen molar-refractivity contribution in [1.82, 2.24) is 29.9 Å². The third-order valence-electron chi connectivity index (χ3n) is 7.53. The number of nitrogens with one attached hydrogen (secondary N) is 3. The number of fused-ring (bicyclic) bond motifs is 1. The van der Waals surface area contributed by atoms with Crippen molar-refractivity contribution in [1.29, 1.82) is 0 Å². The summed E-state index contributed by atoms with van der Waals surface area (Å²) in [5, 5.41) is 12.3. The van der Waals surface area contributed by atoms with Gasteiger partial charge in [-0.15, -0.1) is 13.2 Å². The molecule has 210 valence electrons. The van der Waals surface area contributed by atoms with Crippen molar-refractivity contribution in [3.05, 3.63) is 35.4 Å². The molecule has 0 aliphatic heterocycles. The number of carbonyl (C=O) groups is 1. The van der Waals surface area contributed by atoms with Gasteiger partial charge in [0, 0.05) is 35.5 Å². The summed E-state index contributed by atoms with van der Waals surface area (Å²) < 4.78 is 89.6. The van der Waals surface area contributed by atoms with Gasteiger partial charge in [-0.2, -0.15) is 5.10 Å². The minimum absolute atomic E-state index is 0.0870. The van der Waals surface area contributed by atoms with Crippen LogP contribution in [0.1, 0.15) is 61.5 Å². The summed E-state index contributed by atoms with van der Waals surface area (Å²) in [6.45, 7) is -0.927. The highest BCUT2D eigenvalue weighted by Crippen LogP contribution is 2.57. The summed E-state index contributed by atoms with van der Waals surface area (Å²) in [5.41, 5.74) is -0.705. The van der Waals surface area contributed by atoms with E-state index in [9.17, 15) is 26.7 Å². The monoisotopic (exact) mass is 559 g/mol. The highest BCUT2D eigenvalue weighted by molar-refractivity contribution is 5.69. The van der Waals surface area contributed by atoms with Crippen molar-refractivity contribution in [2.75, 3.05) is 5.32 Å². The molecule has 4 aliphatic carbocycles. The van der Waals surface area contributed by atoms with E-state index < -0.39 is 49.4 Å². The highest BCUT2D eigenvalue weighted by Gasteiger charge is 2.58. The van der Waals surface area contributed by atoms with E-state index in [1.54, 1.807) is 0 Å². The smallest absolute Gasteiger partial charge is 0.443 e. The van der Waals surface area contributed by atoms with Crippen molar-refractivity contribution in [3.8, 4) is 0 Å². The Balaban J connectivity index is 1.15. The number of H-pyrrole nitrogens is 1. The summed E-state index contributed by atoms with van der Waals surface area (Å²) in [6.07, 6.45) is -6.27. The number of hydrogen-bond donors (Lipinski definition) is 3. The molecule has 3 aromatic rings. The first-order valence-corrected chi connectivity index (χ1v) is 12.3. The van der Waals surface area contributed by atoms with Crippen LogP contribution in [0.5, 0.6) is 0 Å². The molecule has 7 rings (SSSR count). The number of nitrogens with zero attached hydrogens (tertiary/aromatic N) is 4. The molecule has 10 nitrogen and oxygen atoms in total. The zero-order valence-electron chi connectivity index (χ0n) is 20.1. The lowest BCUT2D eigenvalue weighted by molar-refractivity contribution is -0.330. The first-order chi connectivity index (χ1) is 18.5. The maximum Gasteiger partial charge on any atom is 0.522 e. The van der Waals surface area contributed by atoms with E-state index in [2.05, 4.69) is 35.5 Å². The zero-order valence-corrected chi connectivity index (χ0v) is 20.1. The first kappa shape index (κ1) is 25.7. The molecule has 0 unspecified atom stereocenters. The Morgan fingerprint density at radius 1 is 1.21 bits per heavy atom. The van der Waals surface area contributed by atoms with Gasteiger partial charge in [0.25, 0.3) is 6.43 Å². The average Bonchev–Trinajstić information content (AvgIpc) is 3.53. The fourth-order valence-electron chi connectivity index (χ4n) is 5.57. The summed E-state index contributed by atoms with van der Waals surface area (Å²) in [7, 11) is 0. The molecule has 0 spiro atoms. The van der Waals surface area contributed by atoms with Crippen LogP contribution in [0.2, 0.25) is 0 Å². The number of anilines is 2. The number of ether oxygens (including phenoxy) is 2. The standard InChI is InChI=1S/C23H23F6N7O3/c24-18-12(1-2-15(18)39-21(37)33-22-5-10(6-22)7-22)13-3-16(35-34-13)32-20-31-14(19(25)26)4-17-30-11(8-36(17)20)9-38-23(27,28)29/h3-4,8,10,12,15,18-19H,1-2,5-7,9H2,(H,33,37)(H2,31,32,34,35)/t10?,12-,15-,18-,22?/m1/s1. The van der Waals surface area contributed by atoms with Gasteiger partial charge in [-0.3, -0.25) is 14.2 Å². The SMILES string of the molecule is O=C(NC12CC(C1)C2)O[C@@H]1CC[C@H](c2cc(Nc3nc(C(F)F)cc4nc(COC(F)(F)F)cn34)n[nH]2)[C@H]1F. The second kappa shape index (κ2) is 9.27. The fraction of sp³-hybridized carbons (Fsp3) is 0.565. The van der Waals surface area contributed by atoms with Gasteiger partial charge in [-0.25, -0.2) is 27.9 Å². The van der Waals surface area contributed by atoms with Crippen molar-refractivity contribution >= 4 is 23.5 Å². The molecule has 3 heterocycles. The topological polar surface area (TPSA) is 118 Å². The van der Waals surface area contributed by atoms with Crippen molar-refractivity contribution < 1.29 is 40.6 Å². The number of halogens is 6. The van der Waals surface area contributed by atoms with Crippen molar-refractivity contribution in [2.45, 2.75) is 75.2 Å². The maximum atomic E-state index is 15.2. The molecular formula is C23H23F6N7O3. The number of rotatable bonds is 8. The minimum Gasteiger partial charge on any atom is -0.443 e. The third-order valence-corrected chi connectivity index (χ3v) is 7.53. The normalized spacial score (nSPS) is 27.9. The van der Waals surface area contributed by atoms with Crippen LogP contribution < -0.4 is 10.6 Å². The van der Waals surface area contributed by atoms with E-state index in [4.69, 9.17) is 4.74 Å². The molecule has 3 N–H and O–H groups in total. The fourth-order valence-corrected chi connectivity index (χ4v) is 5.57. The number of aromatic nitrogens is 5. The zero-order chi connectivity index (χ0) is 27.5. The molecule has 2 bridgehead atoms. The molecule has 3 aromatic heterocycles. The van der Waals surface area contributed by atoms with Crippen LogP contribution in [0, 0.1) is 5.92 Å². The lowest BCUT2D eigenvalue weighted by Crippen LogP contribution is -2.68. The number of amides is 1. The summed E-state index contributed by atoms with van der Waals surface area (Å²) >= 11 is 0. The lowest BCUT2D eigenvalue weighted by atomic mass is 9.50. The Morgan fingerprint density at radius 2 is 1.97 bits per heavy atom. The number of alkyl halides is 6. The molecule has 39 heavy (non-hydrogen) atoms. The molecule has 0 radical (unpaired) electrons. The Labute approximate surface area is 216 Å². The van der Waals surface area contributed by atoms with Gasteiger partial charge in [0.2, 0.25) is 5.95 Å². The molecule has 4 fully saturated rings. The van der Waals surface area contributed by atoms with Gasteiger partial charge in [0.15, 0.2) is 5.82 Å². The molecule has 0 saturated heterocycles. The molecule has 4 saturated carbocycles. The van der Waals surface area contributed by atoms with Crippen LogP contribution in [-0.4, -0.2) is 54.8 Å². The van der Waals surface area contributed by atoms with E-state index in [-0.39, 0.29) is 28.6 Å². The second-order valence-corrected chi connectivity index (χ2v) is 10.3. The van der Waals surface area contributed by atoms with E-state index in [0.29, 0.717) is 24.5 Å². The number of hydrogen-bond acceptors (Lipinski definition) is 7. The van der Waals surface area contributed by atoms with E-state index in [1.807, 2.05) is 0 Å². The Morgan fingerprint density at radius 3 is 2.64 bits per heavy atom. The maximum absolute atomic E-state index is 15.2. The number of alkyl carbamates (subject to hydrolysis) is 1. The Hall–Kier alpha value is -3.56. The van der Waals surface area contributed by atoms with Crippen LogP contribution in [0.15, 0.2) is 18.3 Å². The molecule has 0 aromatic carbocycles. The van der Waals surface area contributed by atoms with Crippen LogP contribution in [0.25, 0.3) is 5.65 Å². The quantitative estimate of drug-likeness (QED) is 0.331. The molecule has 4 aliphatic rings. The summed E-state index contributed by atoms with van der Waals surface area (Å²) in [5.74, 6) is -0.0755. The third kappa shape index (κ3) is 5.08. The molecule has 3 atom stereocenters. The van der Waals surface area contributed by atoms with E-state index in [0.717, 1.165) is 31.5 Å². The molecule has 1 amide bonds. The number of carbonyl (C=O) groups excluding carboxylic acids is 1. The van der Waals surface area contributed by atoms with Crippen LogP contribution in [0.3, 0.4) is 0 Å². The van der Waals surface area contributed by atoms with Crippen molar-refractivity contribution in [2.24, 2.45) is 5.92 Å². The average molecular weight is 559 g/mol. The Kier molecular flexibility index (Phi) is 6.11. The number of aromatic amines is 1. The van der Waals surface area contributed by atoms with Crippen LogP contribution in [0.4, 0.5) is 42.9 Å². The van der Waals surface area contributed by atoms with Crippen molar-refractivity contribution in [3.63, 3.8) is 0 Å². The first-order valence-electron chi connectivity index (χ1n) is 12.3. The lowest BCUT2D eigenvalue weighted by Gasteiger charge is -2.61. The van der Waals surface area contributed by atoms with E-state index >= 15 is 4.39 Å². The van der Waals surface area contributed by atoms with Crippen LogP contribution in [-0.2, 0) is 16.1 Å². The summed E-state index contributed by atoms with van der Waals surface area (Å²) in [6, 6.07) is 2.41.